The molecule has 1 aromatic carbocycles. The van der Waals surface area contributed by atoms with Crippen molar-refractivity contribution in [3.05, 3.63) is 46.2 Å². The maximum absolute atomic E-state index is 11.9. The van der Waals surface area contributed by atoms with E-state index in [0.717, 1.165) is 6.26 Å². The van der Waals surface area contributed by atoms with Gasteiger partial charge in [-0.15, -0.1) is 0 Å². The number of aromatic nitrogens is 1. The van der Waals surface area contributed by atoms with Crippen molar-refractivity contribution in [3.8, 4) is 16.9 Å². The molecule has 0 bridgehead atoms. The van der Waals surface area contributed by atoms with Gasteiger partial charge in [0, 0.05) is 22.9 Å². The smallest absolute Gasteiger partial charge is 0.264 e. The molecule has 0 saturated heterocycles. The molecule has 0 saturated carbocycles. The third-order valence-corrected chi connectivity index (χ3v) is 4.09. The van der Waals surface area contributed by atoms with Crippen LogP contribution in [0.5, 0.6) is 5.75 Å². The van der Waals surface area contributed by atoms with Gasteiger partial charge < -0.3 is 4.74 Å². The summed E-state index contributed by atoms with van der Waals surface area (Å²) in [5, 5.41) is 0.462. The average molecular weight is 375 g/mol. The minimum Gasteiger partial charge on any atom is -0.496 e. The summed E-state index contributed by atoms with van der Waals surface area (Å²) in [7, 11) is -2.21. The summed E-state index contributed by atoms with van der Waals surface area (Å²) in [5.41, 5.74) is 1.42. The van der Waals surface area contributed by atoms with Gasteiger partial charge in [0.2, 0.25) is 10.0 Å². The Morgan fingerprint density at radius 2 is 1.96 bits per heavy atom. The number of nitrogens with one attached hydrogen (secondary N) is 1. The molecule has 0 unspecified atom stereocenters. The molecule has 1 N–H and O–H groups in total. The average Bonchev–Trinajstić information content (AvgIpc) is 2.47. The van der Waals surface area contributed by atoms with Crippen molar-refractivity contribution in [1.29, 1.82) is 0 Å². The fraction of sp³-hybridized carbons (Fsp3) is 0.143. The summed E-state index contributed by atoms with van der Waals surface area (Å²) >= 11 is 11.7. The molecule has 0 spiro atoms. The molecule has 0 atom stereocenters. The standard InChI is InChI=1S/C14H12Cl2N2O4S/c1-22-12-6-8(14(19)18-23(2,20)21)3-4-10(12)9-5-11(15)13(16)17-7-9/h3-7H,1-2H3,(H,18,19). The van der Waals surface area contributed by atoms with Crippen LogP contribution in [0.25, 0.3) is 11.1 Å². The number of carbonyl (C=O) groups is 1. The van der Waals surface area contributed by atoms with Gasteiger partial charge >= 0.3 is 0 Å². The number of hydrogen-bond acceptors (Lipinski definition) is 5. The molecule has 0 aliphatic rings. The zero-order valence-electron chi connectivity index (χ0n) is 12.1. The topological polar surface area (TPSA) is 85.4 Å². The monoisotopic (exact) mass is 374 g/mol. The molecule has 0 aliphatic heterocycles. The molecule has 2 rings (SSSR count). The summed E-state index contributed by atoms with van der Waals surface area (Å²) in [5.74, 6) is -0.379. The number of amides is 1. The van der Waals surface area contributed by atoms with Gasteiger partial charge in [-0.05, 0) is 24.3 Å². The Balaban J connectivity index is 2.44. The molecule has 1 amide bonds. The predicted molar refractivity (Wildman–Crippen MR) is 88.6 cm³/mol. The van der Waals surface area contributed by atoms with Gasteiger partial charge in [0.1, 0.15) is 10.9 Å². The summed E-state index contributed by atoms with van der Waals surface area (Å²) in [6, 6.07) is 6.13. The van der Waals surface area contributed by atoms with E-state index >= 15 is 0 Å². The molecule has 1 aromatic heterocycles. The second kappa shape index (κ2) is 6.74. The molecule has 1 heterocycles. The second-order valence-corrected chi connectivity index (χ2v) is 7.13. The van der Waals surface area contributed by atoms with Crippen molar-refractivity contribution in [1.82, 2.24) is 9.71 Å². The van der Waals surface area contributed by atoms with E-state index in [-0.39, 0.29) is 15.7 Å². The molecule has 0 aliphatic carbocycles. The van der Waals surface area contributed by atoms with Crippen molar-refractivity contribution in [2.24, 2.45) is 0 Å². The first-order valence-corrected chi connectivity index (χ1v) is 8.87. The second-order valence-electron chi connectivity index (χ2n) is 4.62. The third kappa shape index (κ3) is 4.34. The van der Waals surface area contributed by atoms with Gasteiger partial charge in [-0.3, -0.25) is 4.79 Å². The van der Waals surface area contributed by atoms with Gasteiger partial charge in [0.15, 0.2) is 0 Å². The van der Waals surface area contributed by atoms with Gasteiger partial charge in [-0.1, -0.05) is 23.2 Å². The van der Waals surface area contributed by atoms with Gasteiger partial charge in [0.05, 0.1) is 18.4 Å². The molecular formula is C14H12Cl2N2O4S. The minimum absolute atomic E-state index is 0.143. The van der Waals surface area contributed by atoms with Crippen molar-refractivity contribution in [2.45, 2.75) is 0 Å². The zero-order valence-corrected chi connectivity index (χ0v) is 14.5. The lowest BCUT2D eigenvalue weighted by molar-refractivity contribution is 0.0981. The van der Waals surface area contributed by atoms with E-state index < -0.39 is 15.9 Å². The van der Waals surface area contributed by atoms with Crippen LogP contribution in [0.3, 0.4) is 0 Å². The van der Waals surface area contributed by atoms with Crippen LogP contribution in [0.4, 0.5) is 0 Å². The number of nitrogens with zero attached hydrogens (tertiary/aromatic N) is 1. The van der Waals surface area contributed by atoms with Crippen molar-refractivity contribution >= 4 is 39.1 Å². The van der Waals surface area contributed by atoms with Crippen LogP contribution in [-0.2, 0) is 10.0 Å². The molecule has 23 heavy (non-hydrogen) atoms. The molecular weight excluding hydrogens is 363 g/mol. The Kier molecular flexibility index (Phi) is 5.13. The van der Waals surface area contributed by atoms with Crippen LogP contribution in [0.2, 0.25) is 10.2 Å². The first-order valence-electron chi connectivity index (χ1n) is 6.23. The maximum atomic E-state index is 11.9. The molecule has 122 valence electrons. The fourth-order valence-electron chi connectivity index (χ4n) is 1.87. The van der Waals surface area contributed by atoms with E-state index in [1.165, 1.54) is 25.4 Å². The lowest BCUT2D eigenvalue weighted by Crippen LogP contribution is -2.29. The highest BCUT2D eigenvalue weighted by Crippen LogP contribution is 2.33. The van der Waals surface area contributed by atoms with Crippen LogP contribution < -0.4 is 9.46 Å². The van der Waals surface area contributed by atoms with Crippen LogP contribution >= 0.6 is 23.2 Å². The number of benzene rings is 1. The first-order chi connectivity index (χ1) is 10.7. The number of rotatable bonds is 4. The molecule has 0 fully saturated rings. The fourth-order valence-corrected chi connectivity index (χ4v) is 2.59. The number of ether oxygens (including phenoxy) is 1. The summed E-state index contributed by atoms with van der Waals surface area (Å²) in [6.45, 7) is 0. The largest absolute Gasteiger partial charge is 0.496 e. The maximum Gasteiger partial charge on any atom is 0.264 e. The summed E-state index contributed by atoms with van der Waals surface area (Å²) in [4.78, 5) is 15.8. The van der Waals surface area contributed by atoms with E-state index in [9.17, 15) is 13.2 Å². The molecule has 2 aromatic rings. The van der Waals surface area contributed by atoms with Crippen LogP contribution in [-0.4, -0.2) is 32.7 Å². The highest BCUT2D eigenvalue weighted by molar-refractivity contribution is 7.89. The van der Waals surface area contributed by atoms with Crippen molar-refractivity contribution < 1.29 is 17.9 Å². The van der Waals surface area contributed by atoms with Crippen molar-refractivity contribution in [2.75, 3.05) is 13.4 Å². The summed E-state index contributed by atoms with van der Waals surface area (Å²) in [6.07, 6.45) is 2.42. The Labute approximate surface area is 143 Å². The minimum atomic E-state index is -3.65. The van der Waals surface area contributed by atoms with E-state index in [0.29, 0.717) is 16.9 Å². The SMILES string of the molecule is COc1cc(C(=O)NS(C)(=O)=O)ccc1-c1cnc(Cl)c(Cl)c1. The lowest BCUT2D eigenvalue weighted by atomic mass is 10.0. The van der Waals surface area contributed by atoms with E-state index in [4.69, 9.17) is 27.9 Å². The zero-order chi connectivity index (χ0) is 17.2. The Morgan fingerprint density at radius 1 is 1.26 bits per heavy atom. The number of pyridine rings is 1. The number of methoxy groups -OCH3 is 1. The number of hydrogen-bond donors (Lipinski definition) is 1. The Bertz CT molecular complexity index is 869. The summed E-state index contributed by atoms with van der Waals surface area (Å²) < 4.78 is 29.4. The molecule has 9 heteroatoms. The highest BCUT2D eigenvalue weighted by Gasteiger charge is 2.15. The van der Waals surface area contributed by atoms with Gasteiger partial charge in [-0.25, -0.2) is 18.1 Å². The quantitative estimate of drug-likeness (QED) is 0.831. The van der Waals surface area contributed by atoms with Crippen LogP contribution in [0, 0.1) is 0 Å². The van der Waals surface area contributed by atoms with Crippen LogP contribution in [0.1, 0.15) is 10.4 Å². The number of sulfonamides is 1. The van der Waals surface area contributed by atoms with E-state index in [1.54, 1.807) is 12.1 Å². The number of halogens is 2. The molecule has 6 nitrogen and oxygen atoms in total. The Hall–Kier alpha value is -1.83. The van der Waals surface area contributed by atoms with E-state index in [1.807, 2.05) is 4.72 Å². The van der Waals surface area contributed by atoms with Crippen LogP contribution in [0.15, 0.2) is 30.5 Å². The van der Waals surface area contributed by atoms with Crippen molar-refractivity contribution in [3.63, 3.8) is 0 Å². The predicted octanol–water partition coefficient (Wildman–Crippen LogP) is 2.75. The van der Waals surface area contributed by atoms with E-state index in [2.05, 4.69) is 4.98 Å². The normalized spacial score (nSPS) is 11.1. The first kappa shape index (κ1) is 17.5. The van der Waals surface area contributed by atoms with Gasteiger partial charge in [-0.2, -0.15) is 0 Å². The number of carbonyl (C=O) groups excluding carboxylic acids is 1. The van der Waals surface area contributed by atoms with Gasteiger partial charge in [0.25, 0.3) is 5.91 Å². The highest BCUT2D eigenvalue weighted by atomic mass is 35.5. The lowest BCUT2D eigenvalue weighted by Gasteiger charge is -2.11. The third-order valence-electron chi connectivity index (χ3n) is 2.85. The molecule has 0 radical (unpaired) electrons. The Morgan fingerprint density at radius 3 is 2.52 bits per heavy atom.